The van der Waals surface area contributed by atoms with Crippen LogP contribution in [0.5, 0.6) is 5.75 Å². The number of carbonyl (C=O) groups excluding carboxylic acids is 1. The molecule has 0 bridgehead atoms. The van der Waals surface area contributed by atoms with Gasteiger partial charge in [-0.2, -0.15) is 0 Å². The third-order valence-electron chi connectivity index (χ3n) is 4.42. The van der Waals surface area contributed by atoms with Crippen LogP contribution in [0.3, 0.4) is 0 Å². The molecule has 1 heterocycles. The van der Waals surface area contributed by atoms with Crippen molar-refractivity contribution in [3.05, 3.63) is 30.1 Å². The number of amides is 1. The standard InChI is InChI=1S/C18H27FN2O2.ClH/c1-13(15-6-8-20-9-7-15)10-18(22)21-12-14(2)23-17-5-3-4-16(19)11-17;/h3-5,11,13-15,20H,6-10,12H2,1-2H3,(H,21,22);1H. The fourth-order valence-corrected chi connectivity index (χ4v) is 3.02. The SMILES string of the molecule is CC(CNC(=O)CC(C)C1CCNCC1)Oc1cccc(F)c1.Cl. The van der Waals surface area contributed by atoms with E-state index in [2.05, 4.69) is 17.6 Å². The van der Waals surface area contributed by atoms with Gasteiger partial charge in [-0.25, -0.2) is 4.39 Å². The molecule has 1 aliphatic heterocycles. The molecule has 6 heteroatoms. The van der Waals surface area contributed by atoms with Gasteiger partial charge >= 0.3 is 0 Å². The quantitative estimate of drug-likeness (QED) is 0.787. The van der Waals surface area contributed by atoms with E-state index < -0.39 is 0 Å². The third-order valence-corrected chi connectivity index (χ3v) is 4.42. The minimum Gasteiger partial charge on any atom is -0.489 e. The van der Waals surface area contributed by atoms with E-state index in [0.717, 1.165) is 25.9 Å². The molecule has 2 unspecified atom stereocenters. The van der Waals surface area contributed by atoms with Gasteiger partial charge in [-0.3, -0.25) is 4.79 Å². The molecule has 24 heavy (non-hydrogen) atoms. The number of halogens is 2. The monoisotopic (exact) mass is 358 g/mol. The van der Waals surface area contributed by atoms with Gasteiger partial charge in [0.25, 0.3) is 0 Å². The van der Waals surface area contributed by atoms with Gasteiger partial charge in [0, 0.05) is 12.5 Å². The topological polar surface area (TPSA) is 50.4 Å². The van der Waals surface area contributed by atoms with Crippen LogP contribution in [0.1, 0.15) is 33.1 Å². The molecule has 0 aliphatic carbocycles. The number of hydrogen-bond donors (Lipinski definition) is 2. The fourth-order valence-electron chi connectivity index (χ4n) is 3.02. The van der Waals surface area contributed by atoms with Gasteiger partial charge < -0.3 is 15.4 Å². The summed E-state index contributed by atoms with van der Waals surface area (Å²) in [5.41, 5.74) is 0. The molecule has 2 N–H and O–H groups in total. The average Bonchev–Trinajstić information content (AvgIpc) is 2.54. The Labute approximate surface area is 149 Å². The van der Waals surface area contributed by atoms with Crippen molar-refractivity contribution < 1.29 is 13.9 Å². The molecule has 1 aliphatic rings. The molecule has 0 radical (unpaired) electrons. The number of carbonyl (C=O) groups is 1. The Morgan fingerprint density at radius 3 is 2.75 bits per heavy atom. The maximum atomic E-state index is 13.1. The smallest absolute Gasteiger partial charge is 0.220 e. The summed E-state index contributed by atoms with van der Waals surface area (Å²) in [6.45, 7) is 6.54. The van der Waals surface area contributed by atoms with E-state index in [1.54, 1.807) is 12.1 Å². The number of ether oxygens (including phenoxy) is 1. The van der Waals surface area contributed by atoms with Crippen LogP contribution in [0.4, 0.5) is 4.39 Å². The summed E-state index contributed by atoms with van der Waals surface area (Å²) in [5.74, 6) is 1.24. The number of nitrogens with one attached hydrogen (secondary N) is 2. The van der Waals surface area contributed by atoms with Crippen molar-refractivity contribution in [2.45, 2.75) is 39.2 Å². The number of benzene rings is 1. The lowest BCUT2D eigenvalue weighted by Gasteiger charge is -2.28. The van der Waals surface area contributed by atoms with Crippen LogP contribution in [0, 0.1) is 17.7 Å². The van der Waals surface area contributed by atoms with E-state index in [0.29, 0.717) is 30.6 Å². The predicted octanol–water partition coefficient (Wildman–Crippen LogP) is 3.16. The van der Waals surface area contributed by atoms with Crippen LogP contribution < -0.4 is 15.4 Å². The molecule has 1 amide bonds. The number of hydrogen-bond acceptors (Lipinski definition) is 3. The zero-order valence-corrected chi connectivity index (χ0v) is 15.2. The second kappa shape index (κ2) is 10.5. The summed E-state index contributed by atoms with van der Waals surface area (Å²) in [5, 5.41) is 6.26. The second-order valence-electron chi connectivity index (χ2n) is 6.46. The van der Waals surface area contributed by atoms with Crippen LogP contribution in [0.2, 0.25) is 0 Å². The van der Waals surface area contributed by atoms with Crippen LogP contribution >= 0.6 is 12.4 Å². The molecule has 2 rings (SSSR count). The van der Waals surface area contributed by atoms with Gasteiger partial charge in [-0.1, -0.05) is 13.0 Å². The normalized spacial score (nSPS) is 17.5. The molecule has 136 valence electrons. The highest BCUT2D eigenvalue weighted by Gasteiger charge is 2.22. The summed E-state index contributed by atoms with van der Waals surface area (Å²) in [6, 6.07) is 6.04. The average molecular weight is 359 g/mol. The number of piperidine rings is 1. The Balaban J connectivity index is 0.00000288. The third kappa shape index (κ3) is 7.05. The van der Waals surface area contributed by atoms with Gasteiger partial charge in [0.05, 0.1) is 6.54 Å². The van der Waals surface area contributed by atoms with E-state index in [4.69, 9.17) is 4.74 Å². The highest BCUT2D eigenvalue weighted by atomic mass is 35.5. The van der Waals surface area contributed by atoms with Crippen molar-refractivity contribution in [1.29, 1.82) is 0 Å². The van der Waals surface area contributed by atoms with Crippen LogP contribution in [0.15, 0.2) is 24.3 Å². The lowest BCUT2D eigenvalue weighted by atomic mass is 9.84. The Morgan fingerprint density at radius 1 is 1.38 bits per heavy atom. The maximum Gasteiger partial charge on any atom is 0.220 e. The highest BCUT2D eigenvalue weighted by molar-refractivity contribution is 5.85. The van der Waals surface area contributed by atoms with Gasteiger partial charge in [0.15, 0.2) is 0 Å². The molecular formula is C18H28ClFN2O2. The van der Waals surface area contributed by atoms with Gasteiger partial charge in [0.2, 0.25) is 5.91 Å². The Hall–Kier alpha value is -1.33. The van der Waals surface area contributed by atoms with E-state index in [1.807, 2.05) is 6.92 Å². The van der Waals surface area contributed by atoms with Crippen LogP contribution in [0.25, 0.3) is 0 Å². The first-order chi connectivity index (χ1) is 11.0. The number of rotatable bonds is 7. The molecule has 0 aromatic heterocycles. The summed E-state index contributed by atoms with van der Waals surface area (Å²) in [6.07, 6.45) is 2.65. The van der Waals surface area contributed by atoms with Crippen molar-refractivity contribution in [1.82, 2.24) is 10.6 Å². The lowest BCUT2D eigenvalue weighted by Crippen LogP contribution is -2.36. The first-order valence-electron chi connectivity index (χ1n) is 8.44. The van der Waals surface area contributed by atoms with E-state index in [-0.39, 0.29) is 30.2 Å². The summed E-state index contributed by atoms with van der Waals surface area (Å²) in [7, 11) is 0. The van der Waals surface area contributed by atoms with Crippen molar-refractivity contribution >= 4 is 18.3 Å². The van der Waals surface area contributed by atoms with E-state index >= 15 is 0 Å². The van der Waals surface area contributed by atoms with Crippen molar-refractivity contribution in [3.8, 4) is 5.75 Å². The second-order valence-corrected chi connectivity index (χ2v) is 6.46. The first kappa shape index (κ1) is 20.7. The summed E-state index contributed by atoms with van der Waals surface area (Å²) < 4.78 is 18.7. The zero-order valence-electron chi connectivity index (χ0n) is 14.4. The molecule has 1 aromatic rings. The largest absolute Gasteiger partial charge is 0.489 e. The molecule has 2 atom stereocenters. The van der Waals surface area contributed by atoms with Crippen LogP contribution in [-0.4, -0.2) is 31.6 Å². The van der Waals surface area contributed by atoms with E-state index in [1.165, 1.54) is 12.1 Å². The zero-order chi connectivity index (χ0) is 16.7. The first-order valence-corrected chi connectivity index (χ1v) is 8.44. The van der Waals surface area contributed by atoms with Crippen molar-refractivity contribution in [2.75, 3.05) is 19.6 Å². The van der Waals surface area contributed by atoms with Gasteiger partial charge in [0.1, 0.15) is 17.7 Å². The predicted molar refractivity (Wildman–Crippen MR) is 96.1 cm³/mol. The molecule has 0 saturated carbocycles. The minimum atomic E-state index is -0.325. The summed E-state index contributed by atoms with van der Waals surface area (Å²) in [4.78, 5) is 12.1. The Morgan fingerprint density at radius 2 is 2.08 bits per heavy atom. The molecule has 1 fully saturated rings. The van der Waals surface area contributed by atoms with Crippen molar-refractivity contribution in [3.63, 3.8) is 0 Å². The molecule has 1 aromatic carbocycles. The molecule has 4 nitrogen and oxygen atoms in total. The Kier molecular flexibility index (Phi) is 9.08. The van der Waals surface area contributed by atoms with Gasteiger partial charge in [-0.15, -0.1) is 12.4 Å². The fraction of sp³-hybridized carbons (Fsp3) is 0.611. The van der Waals surface area contributed by atoms with Crippen LogP contribution in [-0.2, 0) is 4.79 Å². The molecular weight excluding hydrogens is 331 g/mol. The lowest BCUT2D eigenvalue weighted by molar-refractivity contribution is -0.122. The minimum absolute atomic E-state index is 0. The van der Waals surface area contributed by atoms with E-state index in [9.17, 15) is 9.18 Å². The molecule has 0 spiro atoms. The maximum absolute atomic E-state index is 13.1. The van der Waals surface area contributed by atoms with Gasteiger partial charge in [-0.05, 0) is 56.8 Å². The Bertz CT molecular complexity index is 510. The molecule has 1 saturated heterocycles. The summed E-state index contributed by atoms with van der Waals surface area (Å²) >= 11 is 0. The van der Waals surface area contributed by atoms with Crippen molar-refractivity contribution in [2.24, 2.45) is 11.8 Å². The highest BCUT2D eigenvalue weighted by Crippen LogP contribution is 2.24.